The Morgan fingerprint density at radius 3 is 2.95 bits per heavy atom. The van der Waals surface area contributed by atoms with Gasteiger partial charge in [-0.15, -0.1) is 0 Å². The Kier molecular flexibility index (Phi) is 5.37. The van der Waals surface area contributed by atoms with Crippen LogP contribution in [0.4, 0.5) is 0 Å². The van der Waals surface area contributed by atoms with Crippen molar-refractivity contribution in [2.75, 3.05) is 13.1 Å². The van der Waals surface area contributed by atoms with Gasteiger partial charge in [-0.05, 0) is 18.7 Å². The van der Waals surface area contributed by atoms with Gasteiger partial charge in [-0.1, -0.05) is 6.92 Å². The summed E-state index contributed by atoms with van der Waals surface area (Å²) in [7, 11) is -3.59. The number of sulfonamides is 1. The van der Waals surface area contributed by atoms with Gasteiger partial charge in [0.1, 0.15) is 4.90 Å². The number of hydrogen-bond acceptors (Lipinski definition) is 6. The Morgan fingerprint density at radius 1 is 1.38 bits per heavy atom. The molecule has 0 aliphatic carbocycles. The molecule has 0 aromatic carbocycles. The molecule has 0 saturated carbocycles. The number of nitrogens with one attached hydrogen (secondary N) is 2. The lowest BCUT2D eigenvalue weighted by Crippen LogP contribution is -2.23. The van der Waals surface area contributed by atoms with Crippen LogP contribution < -0.4 is 10.0 Å². The van der Waals surface area contributed by atoms with Crippen LogP contribution in [0.1, 0.15) is 12.6 Å². The average Bonchev–Trinajstić information content (AvgIpc) is 2.96. The summed E-state index contributed by atoms with van der Waals surface area (Å²) in [6, 6.07) is 3.41. The Bertz CT molecular complexity index is 655. The number of likely N-dealkylation sites (N-methyl/N-ethyl adjacent to an activating group) is 1. The standard InChI is InChI=1S/C12H18N6O2S/c1-2-13-6-7-18-10-12(9-15-18)21(19,20)16-8-11-4-3-5-14-17-11/h3-5,9-10,13,16H,2,6-8H2,1H3. The third kappa shape index (κ3) is 4.59. The van der Waals surface area contributed by atoms with Crippen LogP contribution in [0, 0.1) is 0 Å². The van der Waals surface area contributed by atoms with Gasteiger partial charge in [-0.2, -0.15) is 15.3 Å². The summed E-state index contributed by atoms with van der Waals surface area (Å²) in [6.45, 7) is 4.33. The van der Waals surface area contributed by atoms with E-state index in [0.717, 1.165) is 13.1 Å². The van der Waals surface area contributed by atoms with Crippen LogP contribution in [-0.2, 0) is 23.1 Å². The maximum absolute atomic E-state index is 12.1. The number of hydrogen-bond donors (Lipinski definition) is 2. The van der Waals surface area contributed by atoms with Crippen LogP contribution in [0.3, 0.4) is 0 Å². The summed E-state index contributed by atoms with van der Waals surface area (Å²) < 4.78 is 28.3. The minimum atomic E-state index is -3.59. The molecule has 0 unspecified atom stereocenters. The van der Waals surface area contributed by atoms with Crippen molar-refractivity contribution in [1.82, 2.24) is 30.0 Å². The number of nitrogens with zero attached hydrogens (tertiary/aromatic N) is 4. The van der Waals surface area contributed by atoms with Crippen LogP contribution in [0.5, 0.6) is 0 Å². The molecule has 2 N–H and O–H groups in total. The van der Waals surface area contributed by atoms with Gasteiger partial charge >= 0.3 is 0 Å². The van der Waals surface area contributed by atoms with Crippen LogP contribution in [0.15, 0.2) is 35.6 Å². The van der Waals surface area contributed by atoms with E-state index in [1.807, 2.05) is 6.92 Å². The van der Waals surface area contributed by atoms with Crippen LogP contribution in [0.2, 0.25) is 0 Å². The third-order valence-corrected chi connectivity index (χ3v) is 4.11. The number of aromatic nitrogens is 4. The highest BCUT2D eigenvalue weighted by molar-refractivity contribution is 7.89. The number of rotatable bonds is 8. The zero-order valence-electron chi connectivity index (χ0n) is 11.7. The van der Waals surface area contributed by atoms with Gasteiger partial charge in [0.2, 0.25) is 10.0 Å². The van der Waals surface area contributed by atoms with E-state index < -0.39 is 10.0 Å². The van der Waals surface area contributed by atoms with Crippen LogP contribution in [-0.4, -0.2) is 41.5 Å². The highest BCUT2D eigenvalue weighted by Gasteiger charge is 2.16. The zero-order chi connectivity index (χ0) is 15.1. The van der Waals surface area contributed by atoms with Crippen molar-refractivity contribution < 1.29 is 8.42 Å². The summed E-state index contributed by atoms with van der Waals surface area (Å²) in [4.78, 5) is 0.142. The molecule has 0 amide bonds. The normalized spacial score (nSPS) is 11.7. The monoisotopic (exact) mass is 310 g/mol. The fourth-order valence-corrected chi connectivity index (χ4v) is 2.61. The Balaban J connectivity index is 1.96. The SMILES string of the molecule is CCNCCn1cc(S(=O)(=O)NCc2cccnn2)cn1. The smallest absolute Gasteiger partial charge is 0.244 e. The van der Waals surface area contributed by atoms with E-state index in [0.29, 0.717) is 12.2 Å². The van der Waals surface area contributed by atoms with Gasteiger partial charge in [0.25, 0.3) is 0 Å². The molecule has 0 spiro atoms. The van der Waals surface area contributed by atoms with E-state index in [1.54, 1.807) is 16.8 Å². The van der Waals surface area contributed by atoms with Gasteiger partial charge < -0.3 is 5.32 Å². The van der Waals surface area contributed by atoms with Crippen molar-refractivity contribution in [1.29, 1.82) is 0 Å². The summed E-state index contributed by atoms with van der Waals surface area (Å²) in [5, 5.41) is 14.7. The van der Waals surface area contributed by atoms with E-state index >= 15 is 0 Å². The largest absolute Gasteiger partial charge is 0.315 e. The first-order chi connectivity index (χ1) is 10.1. The maximum Gasteiger partial charge on any atom is 0.244 e. The van der Waals surface area contributed by atoms with E-state index in [-0.39, 0.29) is 11.4 Å². The summed E-state index contributed by atoms with van der Waals surface area (Å²) in [6.07, 6.45) is 4.38. The lowest BCUT2D eigenvalue weighted by atomic mass is 10.4. The molecular weight excluding hydrogens is 292 g/mol. The molecule has 8 nitrogen and oxygen atoms in total. The molecule has 0 aliphatic rings. The average molecular weight is 310 g/mol. The Labute approximate surface area is 123 Å². The second-order valence-corrected chi connectivity index (χ2v) is 6.10. The fourth-order valence-electron chi connectivity index (χ4n) is 1.66. The quantitative estimate of drug-likeness (QED) is 0.653. The minimum absolute atomic E-state index is 0.0960. The molecular formula is C12H18N6O2S. The van der Waals surface area contributed by atoms with E-state index in [9.17, 15) is 8.42 Å². The molecule has 21 heavy (non-hydrogen) atoms. The van der Waals surface area contributed by atoms with Gasteiger partial charge in [-0.25, -0.2) is 13.1 Å². The molecule has 114 valence electrons. The van der Waals surface area contributed by atoms with Gasteiger partial charge in [0.05, 0.1) is 25.0 Å². The first-order valence-corrected chi connectivity index (χ1v) is 8.09. The topological polar surface area (TPSA) is 102 Å². The predicted molar refractivity (Wildman–Crippen MR) is 76.8 cm³/mol. The predicted octanol–water partition coefficient (Wildman–Crippen LogP) is -0.239. The Hall–Kier alpha value is -1.84. The third-order valence-electron chi connectivity index (χ3n) is 2.76. The molecule has 0 fully saturated rings. The lowest BCUT2D eigenvalue weighted by Gasteiger charge is -2.03. The summed E-state index contributed by atoms with van der Waals surface area (Å²) >= 11 is 0. The Morgan fingerprint density at radius 2 is 2.24 bits per heavy atom. The lowest BCUT2D eigenvalue weighted by molar-refractivity contribution is 0.562. The highest BCUT2D eigenvalue weighted by atomic mass is 32.2. The molecule has 0 bridgehead atoms. The van der Waals surface area contributed by atoms with E-state index in [4.69, 9.17) is 0 Å². The molecule has 0 aliphatic heterocycles. The van der Waals surface area contributed by atoms with Crippen LogP contribution in [0.25, 0.3) is 0 Å². The molecule has 2 aromatic rings. The van der Waals surface area contributed by atoms with Gasteiger partial charge in [0.15, 0.2) is 0 Å². The van der Waals surface area contributed by atoms with Crippen LogP contribution >= 0.6 is 0 Å². The minimum Gasteiger partial charge on any atom is -0.315 e. The van der Waals surface area contributed by atoms with Gasteiger partial charge in [0, 0.05) is 18.9 Å². The second kappa shape index (κ2) is 7.25. The van der Waals surface area contributed by atoms with Crippen molar-refractivity contribution in [3.05, 3.63) is 36.4 Å². The van der Waals surface area contributed by atoms with Crippen molar-refractivity contribution in [2.45, 2.75) is 24.9 Å². The summed E-state index contributed by atoms with van der Waals surface area (Å²) in [5.41, 5.74) is 0.556. The summed E-state index contributed by atoms with van der Waals surface area (Å²) in [5.74, 6) is 0. The maximum atomic E-state index is 12.1. The first kappa shape index (κ1) is 15.5. The van der Waals surface area contributed by atoms with E-state index in [1.165, 1.54) is 18.6 Å². The molecule has 2 rings (SSSR count). The van der Waals surface area contributed by atoms with Gasteiger partial charge in [-0.3, -0.25) is 4.68 Å². The van der Waals surface area contributed by atoms with Crippen molar-refractivity contribution >= 4 is 10.0 Å². The van der Waals surface area contributed by atoms with Crippen molar-refractivity contribution in [2.24, 2.45) is 0 Å². The molecule has 2 heterocycles. The molecule has 9 heteroatoms. The molecule has 0 saturated heterocycles. The van der Waals surface area contributed by atoms with Crippen molar-refractivity contribution in [3.8, 4) is 0 Å². The fraction of sp³-hybridized carbons (Fsp3) is 0.417. The van der Waals surface area contributed by atoms with E-state index in [2.05, 4.69) is 25.3 Å². The second-order valence-electron chi connectivity index (χ2n) is 4.33. The highest BCUT2D eigenvalue weighted by Crippen LogP contribution is 2.07. The van der Waals surface area contributed by atoms with Crippen molar-refractivity contribution in [3.63, 3.8) is 0 Å². The molecule has 2 aromatic heterocycles. The molecule has 0 radical (unpaired) electrons. The zero-order valence-corrected chi connectivity index (χ0v) is 12.5. The molecule has 0 atom stereocenters. The first-order valence-electron chi connectivity index (χ1n) is 6.61.